The number of carbonyl (C=O) groups excluding carboxylic acids is 1. The van der Waals surface area contributed by atoms with Crippen molar-refractivity contribution in [3.63, 3.8) is 0 Å². The van der Waals surface area contributed by atoms with Gasteiger partial charge in [-0.3, -0.25) is 9.48 Å². The van der Waals surface area contributed by atoms with Gasteiger partial charge in [0, 0.05) is 36.4 Å². The predicted molar refractivity (Wildman–Crippen MR) is 100 cm³/mol. The highest BCUT2D eigenvalue weighted by Crippen LogP contribution is 2.55. The molecule has 2 fully saturated rings. The second kappa shape index (κ2) is 7.35. The molecule has 6 heteroatoms. The number of aromatic hydroxyl groups is 1. The average molecular weight is 370 g/mol. The van der Waals surface area contributed by atoms with Gasteiger partial charge in [-0.15, -0.1) is 0 Å². The number of aromatic nitrogens is 2. The lowest BCUT2D eigenvalue weighted by Crippen LogP contribution is -2.53. The summed E-state index contributed by atoms with van der Waals surface area (Å²) in [5.74, 6) is 2.09. The smallest absolute Gasteiger partial charge is 0.157 e. The number of aldehydes is 1. The van der Waals surface area contributed by atoms with Gasteiger partial charge in [0.2, 0.25) is 0 Å². The molecule has 6 nitrogen and oxygen atoms in total. The summed E-state index contributed by atoms with van der Waals surface area (Å²) in [5, 5.41) is 14.4. The molecule has 0 amide bonds. The van der Waals surface area contributed by atoms with Crippen LogP contribution in [0.25, 0.3) is 0 Å². The Morgan fingerprint density at radius 1 is 1.37 bits per heavy atom. The van der Waals surface area contributed by atoms with E-state index in [2.05, 4.69) is 29.7 Å². The molecule has 144 valence electrons. The van der Waals surface area contributed by atoms with Crippen LogP contribution < -0.4 is 4.74 Å². The van der Waals surface area contributed by atoms with Crippen molar-refractivity contribution in [2.75, 3.05) is 19.8 Å². The van der Waals surface area contributed by atoms with Crippen molar-refractivity contribution < 1.29 is 19.4 Å². The number of carbonyl (C=O) groups is 1. The van der Waals surface area contributed by atoms with Crippen molar-refractivity contribution in [2.24, 2.45) is 17.8 Å². The number of benzene rings is 1. The van der Waals surface area contributed by atoms with E-state index >= 15 is 0 Å². The van der Waals surface area contributed by atoms with Crippen molar-refractivity contribution in [3.05, 3.63) is 41.7 Å². The summed E-state index contributed by atoms with van der Waals surface area (Å²) in [5.41, 5.74) is 1.46. The summed E-state index contributed by atoms with van der Waals surface area (Å²) >= 11 is 0. The first-order valence-electron chi connectivity index (χ1n) is 9.63. The molecule has 4 rings (SSSR count). The van der Waals surface area contributed by atoms with Crippen LogP contribution in [0.2, 0.25) is 0 Å². The highest BCUT2D eigenvalue weighted by atomic mass is 16.5. The van der Waals surface area contributed by atoms with Crippen LogP contribution >= 0.6 is 0 Å². The number of ether oxygens (including phenoxy) is 2. The van der Waals surface area contributed by atoms with Crippen LogP contribution in [0.3, 0.4) is 0 Å². The molecule has 2 heterocycles. The van der Waals surface area contributed by atoms with Crippen LogP contribution in [0.5, 0.6) is 11.5 Å². The van der Waals surface area contributed by atoms with Gasteiger partial charge in [0.15, 0.2) is 6.29 Å². The lowest BCUT2D eigenvalue weighted by molar-refractivity contribution is -0.107. The molecule has 1 aliphatic heterocycles. The van der Waals surface area contributed by atoms with E-state index in [0.29, 0.717) is 48.4 Å². The standard InChI is InChI=1S/C21H26N2O4/c1-13(2)23-18(6-8-22-23)21-14-7-9-26-11-16(14)17(21)12-27-20-5-3-4-19(25)15(20)10-24/h3-6,8,10,13-14,16-17,21,25H,7,9,11-12H2,1-2H3/t14-,16?,17?,21?/m0/s1. The fourth-order valence-electron chi connectivity index (χ4n) is 4.75. The number of fused-ring (bicyclic) bond motifs is 1. The molecule has 0 spiro atoms. The molecule has 1 saturated heterocycles. The Kier molecular flexibility index (Phi) is 4.91. The monoisotopic (exact) mass is 370 g/mol. The molecule has 0 bridgehead atoms. The molecule has 1 N–H and O–H groups in total. The van der Waals surface area contributed by atoms with Crippen LogP contribution in [0.15, 0.2) is 30.5 Å². The summed E-state index contributed by atoms with van der Waals surface area (Å²) in [6, 6.07) is 7.34. The van der Waals surface area contributed by atoms with Gasteiger partial charge < -0.3 is 14.6 Å². The molecule has 2 aromatic rings. The zero-order valence-corrected chi connectivity index (χ0v) is 15.7. The Morgan fingerprint density at radius 3 is 3.00 bits per heavy atom. The average Bonchev–Trinajstić information content (AvgIpc) is 3.12. The first kappa shape index (κ1) is 18.0. The number of nitrogens with zero attached hydrogens (tertiary/aromatic N) is 2. The maximum absolute atomic E-state index is 11.3. The largest absolute Gasteiger partial charge is 0.507 e. The highest BCUT2D eigenvalue weighted by molar-refractivity contribution is 5.83. The van der Waals surface area contributed by atoms with E-state index in [-0.39, 0.29) is 11.3 Å². The summed E-state index contributed by atoms with van der Waals surface area (Å²) in [4.78, 5) is 11.3. The van der Waals surface area contributed by atoms with Crippen LogP contribution in [0.1, 0.15) is 48.3 Å². The third kappa shape index (κ3) is 3.12. The van der Waals surface area contributed by atoms with E-state index in [0.717, 1.165) is 19.6 Å². The number of phenolic OH excluding ortho intramolecular Hbond substituents is 1. The molecule has 27 heavy (non-hydrogen) atoms. The topological polar surface area (TPSA) is 73.6 Å². The SMILES string of the molecule is CC(C)n1nccc1C1C(COc2cccc(O)c2C=O)C2COCC[C@@H]21. The molecule has 1 aromatic carbocycles. The van der Waals surface area contributed by atoms with E-state index in [4.69, 9.17) is 9.47 Å². The normalized spacial score (nSPS) is 27.1. The first-order chi connectivity index (χ1) is 13.1. The lowest BCUT2D eigenvalue weighted by atomic mass is 9.54. The molecule has 0 radical (unpaired) electrons. The number of hydrogen-bond donors (Lipinski definition) is 1. The fourth-order valence-corrected chi connectivity index (χ4v) is 4.75. The predicted octanol–water partition coefficient (Wildman–Crippen LogP) is 3.43. The molecular weight excluding hydrogens is 344 g/mol. The van der Waals surface area contributed by atoms with E-state index in [1.807, 2.05) is 6.20 Å². The van der Waals surface area contributed by atoms with Gasteiger partial charge in [-0.05, 0) is 50.3 Å². The Hall–Kier alpha value is -2.34. The van der Waals surface area contributed by atoms with Gasteiger partial charge in [0.05, 0.1) is 18.8 Å². The molecule has 4 atom stereocenters. The number of hydrogen-bond acceptors (Lipinski definition) is 5. The number of rotatable bonds is 6. The van der Waals surface area contributed by atoms with Crippen molar-refractivity contribution in [1.29, 1.82) is 0 Å². The first-order valence-corrected chi connectivity index (χ1v) is 9.63. The van der Waals surface area contributed by atoms with E-state index < -0.39 is 0 Å². The quantitative estimate of drug-likeness (QED) is 0.789. The molecule has 2 aliphatic rings. The second-order valence-electron chi connectivity index (χ2n) is 7.79. The van der Waals surface area contributed by atoms with Crippen molar-refractivity contribution in [1.82, 2.24) is 9.78 Å². The van der Waals surface area contributed by atoms with Crippen molar-refractivity contribution in [2.45, 2.75) is 32.2 Å². The Balaban J connectivity index is 1.57. The van der Waals surface area contributed by atoms with Gasteiger partial charge >= 0.3 is 0 Å². The maximum atomic E-state index is 11.3. The van der Waals surface area contributed by atoms with Gasteiger partial charge in [-0.25, -0.2) is 0 Å². The minimum Gasteiger partial charge on any atom is -0.507 e. The second-order valence-corrected chi connectivity index (χ2v) is 7.79. The molecule has 1 aliphatic carbocycles. The lowest BCUT2D eigenvalue weighted by Gasteiger charge is -2.54. The molecular formula is C21H26N2O4. The molecule has 1 aromatic heterocycles. The number of phenols is 1. The summed E-state index contributed by atoms with van der Waals surface area (Å²) < 4.78 is 13.8. The van der Waals surface area contributed by atoms with E-state index in [9.17, 15) is 9.90 Å². The maximum Gasteiger partial charge on any atom is 0.157 e. The molecule has 3 unspecified atom stereocenters. The zero-order valence-electron chi connectivity index (χ0n) is 15.7. The van der Waals surface area contributed by atoms with Crippen molar-refractivity contribution >= 4 is 6.29 Å². The minimum absolute atomic E-state index is 0.0515. The minimum atomic E-state index is -0.0515. The summed E-state index contributed by atoms with van der Waals surface area (Å²) in [7, 11) is 0. The zero-order chi connectivity index (χ0) is 19.0. The van der Waals surface area contributed by atoms with E-state index in [1.54, 1.807) is 12.1 Å². The Labute approximate surface area is 159 Å². The Morgan fingerprint density at radius 2 is 2.22 bits per heavy atom. The van der Waals surface area contributed by atoms with E-state index in [1.165, 1.54) is 11.8 Å². The summed E-state index contributed by atoms with van der Waals surface area (Å²) in [6.45, 7) is 6.34. The van der Waals surface area contributed by atoms with Crippen LogP contribution in [-0.2, 0) is 4.74 Å². The van der Waals surface area contributed by atoms with Gasteiger partial charge in [-0.1, -0.05) is 6.07 Å². The van der Waals surface area contributed by atoms with Crippen molar-refractivity contribution in [3.8, 4) is 11.5 Å². The Bertz CT molecular complexity index is 816. The molecule has 1 saturated carbocycles. The van der Waals surface area contributed by atoms with Gasteiger partial charge in [0.1, 0.15) is 11.5 Å². The van der Waals surface area contributed by atoms with Gasteiger partial charge in [0.25, 0.3) is 0 Å². The third-order valence-corrected chi connectivity index (χ3v) is 6.05. The van der Waals surface area contributed by atoms with Gasteiger partial charge in [-0.2, -0.15) is 5.10 Å². The van der Waals surface area contributed by atoms with Crippen LogP contribution in [0.4, 0.5) is 0 Å². The van der Waals surface area contributed by atoms with Crippen LogP contribution in [0, 0.1) is 17.8 Å². The summed E-state index contributed by atoms with van der Waals surface area (Å²) in [6.07, 6.45) is 3.57. The van der Waals surface area contributed by atoms with Crippen LogP contribution in [-0.4, -0.2) is 41.0 Å². The fraction of sp³-hybridized carbons (Fsp3) is 0.524. The third-order valence-electron chi connectivity index (χ3n) is 6.05. The highest BCUT2D eigenvalue weighted by Gasteiger charge is 2.53.